The molecule has 0 aliphatic carbocycles. The van der Waals surface area contributed by atoms with Crippen LogP contribution in [0.1, 0.15) is 24.5 Å². The zero-order valence-electron chi connectivity index (χ0n) is 9.50. The molecule has 3 rings (SSSR count). The third-order valence-electron chi connectivity index (χ3n) is 3.25. The van der Waals surface area contributed by atoms with Crippen molar-refractivity contribution in [2.45, 2.75) is 18.8 Å². The van der Waals surface area contributed by atoms with Crippen LogP contribution in [0.15, 0.2) is 24.3 Å². The molecule has 0 spiro atoms. The number of amides is 2. The van der Waals surface area contributed by atoms with Crippen molar-refractivity contribution in [2.75, 3.05) is 0 Å². The number of H-pyrrole nitrogens is 1. The molecule has 1 aromatic heterocycles. The van der Waals surface area contributed by atoms with Gasteiger partial charge in [0.05, 0.1) is 5.92 Å². The van der Waals surface area contributed by atoms with Gasteiger partial charge in [0, 0.05) is 26.6 Å². The molecule has 1 fully saturated rings. The number of aromatic nitrogens is 1. The molecule has 4 nitrogen and oxygen atoms in total. The van der Waals surface area contributed by atoms with Crippen molar-refractivity contribution in [3.63, 3.8) is 0 Å². The van der Waals surface area contributed by atoms with Crippen LogP contribution in [0.25, 0.3) is 10.9 Å². The summed E-state index contributed by atoms with van der Waals surface area (Å²) in [5, 5.41) is 3.51. The highest BCUT2D eigenvalue weighted by Crippen LogP contribution is 2.29. The lowest BCUT2D eigenvalue weighted by atomic mass is 9.95. The summed E-state index contributed by atoms with van der Waals surface area (Å²) < 4.78 is 1.15. The van der Waals surface area contributed by atoms with Crippen LogP contribution in [0.4, 0.5) is 0 Å². The molecule has 5 heteroatoms. The lowest BCUT2D eigenvalue weighted by Crippen LogP contribution is -2.39. The van der Waals surface area contributed by atoms with E-state index in [1.165, 1.54) is 0 Å². The Morgan fingerprint density at radius 3 is 2.83 bits per heavy atom. The van der Waals surface area contributed by atoms with Crippen LogP contribution in [-0.2, 0) is 9.59 Å². The minimum Gasteiger partial charge on any atom is -0.358 e. The van der Waals surface area contributed by atoms with Crippen LogP contribution in [0.5, 0.6) is 0 Å². The van der Waals surface area contributed by atoms with Gasteiger partial charge in [-0.15, -0.1) is 0 Å². The molecule has 18 heavy (non-hydrogen) atoms. The molecule has 1 atom stereocenters. The summed E-state index contributed by atoms with van der Waals surface area (Å²) >= 11 is 2.28. The van der Waals surface area contributed by atoms with Crippen LogP contribution < -0.4 is 5.32 Å². The number of imide groups is 1. The summed E-state index contributed by atoms with van der Waals surface area (Å²) in [6, 6.07) is 8.02. The summed E-state index contributed by atoms with van der Waals surface area (Å²) in [4.78, 5) is 26.2. The van der Waals surface area contributed by atoms with E-state index in [4.69, 9.17) is 0 Å². The second kappa shape index (κ2) is 4.38. The van der Waals surface area contributed by atoms with E-state index in [9.17, 15) is 9.59 Å². The number of rotatable bonds is 1. The highest BCUT2D eigenvalue weighted by molar-refractivity contribution is 14.1. The fourth-order valence-corrected chi connectivity index (χ4v) is 2.97. The number of fused-ring (bicyclic) bond motifs is 1. The van der Waals surface area contributed by atoms with E-state index >= 15 is 0 Å². The zero-order valence-corrected chi connectivity index (χ0v) is 11.7. The Morgan fingerprint density at radius 1 is 1.28 bits per heavy atom. The van der Waals surface area contributed by atoms with Crippen molar-refractivity contribution in [3.05, 3.63) is 33.5 Å². The second-order valence-electron chi connectivity index (χ2n) is 4.43. The number of piperidine rings is 1. The van der Waals surface area contributed by atoms with Gasteiger partial charge in [0.1, 0.15) is 0 Å². The summed E-state index contributed by atoms with van der Waals surface area (Å²) in [6.45, 7) is 0. The summed E-state index contributed by atoms with van der Waals surface area (Å²) in [5.74, 6) is -0.624. The Labute approximate surface area is 117 Å². The van der Waals surface area contributed by atoms with E-state index in [2.05, 4.69) is 32.9 Å². The number of hydrogen-bond donors (Lipinski definition) is 2. The summed E-state index contributed by atoms with van der Waals surface area (Å²) in [7, 11) is 0. The monoisotopic (exact) mass is 354 g/mol. The fraction of sp³-hybridized carbons (Fsp3) is 0.231. The number of halogens is 1. The van der Waals surface area contributed by atoms with Gasteiger partial charge in [-0.05, 0) is 47.2 Å². The first-order valence-corrected chi connectivity index (χ1v) is 6.84. The first kappa shape index (κ1) is 11.7. The molecule has 1 saturated heterocycles. The SMILES string of the molecule is O=C1CCC(c2cc3c(I)cccc3[nH]2)C(=O)N1. The van der Waals surface area contributed by atoms with Crippen LogP contribution in [-0.4, -0.2) is 16.8 Å². The predicted octanol–water partition coefficient (Wildman–Crippen LogP) is 2.29. The number of benzene rings is 1. The number of aromatic amines is 1. The van der Waals surface area contributed by atoms with E-state index in [0.717, 1.165) is 20.2 Å². The van der Waals surface area contributed by atoms with Crippen molar-refractivity contribution in [1.82, 2.24) is 10.3 Å². The molecule has 0 saturated carbocycles. The fourth-order valence-electron chi connectivity index (χ4n) is 2.32. The van der Waals surface area contributed by atoms with Gasteiger partial charge in [-0.1, -0.05) is 6.07 Å². The molecular weight excluding hydrogens is 343 g/mol. The highest BCUT2D eigenvalue weighted by Gasteiger charge is 2.29. The molecule has 2 N–H and O–H groups in total. The molecule has 1 aliphatic heterocycles. The molecular formula is C13H11IN2O2. The number of carbonyl (C=O) groups excluding carboxylic acids is 2. The first-order chi connectivity index (χ1) is 8.65. The predicted molar refractivity (Wildman–Crippen MR) is 76.1 cm³/mol. The zero-order chi connectivity index (χ0) is 12.7. The first-order valence-electron chi connectivity index (χ1n) is 5.76. The molecule has 2 amide bonds. The average molecular weight is 354 g/mol. The molecule has 1 unspecified atom stereocenters. The van der Waals surface area contributed by atoms with Crippen LogP contribution in [0.3, 0.4) is 0 Å². The normalized spacial score (nSPS) is 20.2. The Hall–Kier alpha value is -1.37. The minimum atomic E-state index is -0.245. The van der Waals surface area contributed by atoms with Gasteiger partial charge in [0.25, 0.3) is 0 Å². The molecule has 1 aliphatic rings. The number of nitrogens with one attached hydrogen (secondary N) is 2. The van der Waals surface area contributed by atoms with Gasteiger partial charge in [-0.3, -0.25) is 14.9 Å². The Morgan fingerprint density at radius 2 is 2.11 bits per heavy atom. The topological polar surface area (TPSA) is 62.0 Å². The third kappa shape index (κ3) is 1.92. The molecule has 0 bridgehead atoms. The maximum absolute atomic E-state index is 11.8. The standard InChI is InChI=1S/C13H11IN2O2/c14-9-2-1-3-10-8(9)6-11(15-10)7-4-5-12(17)16-13(7)18/h1-3,6-7,15H,4-5H2,(H,16,17,18). The van der Waals surface area contributed by atoms with Crippen LogP contribution in [0, 0.1) is 3.57 Å². The minimum absolute atomic E-state index is 0.179. The lowest BCUT2D eigenvalue weighted by Gasteiger charge is -2.19. The largest absolute Gasteiger partial charge is 0.358 e. The third-order valence-corrected chi connectivity index (χ3v) is 4.19. The van der Waals surface area contributed by atoms with Crippen molar-refractivity contribution in [2.24, 2.45) is 0 Å². The van der Waals surface area contributed by atoms with Crippen molar-refractivity contribution in [1.29, 1.82) is 0 Å². The van der Waals surface area contributed by atoms with Crippen LogP contribution >= 0.6 is 22.6 Å². The van der Waals surface area contributed by atoms with Gasteiger partial charge in [-0.2, -0.15) is 0 Å². The maximum Gasteiger partial charge on any atom is 0.235 e. The van der Waals surface area contributed by atoms with Gasteiger partial charge in [-0.25, -0.2) is 0 Å². The average Bonchev–Trinajstić information content (AvgIpc) is 2.74. The highest BCUT2D eigenvalue weighted by atomic mass is 127. The van der Waals surface area contributed by atoms with Gasteiger partial charge < -0.3 is 4.98 Å². The molecule has 92 valence electrons. The van der Waals surface area contributed by atoms with Gasteiger partial charge in [0.2, 0.25) is 11.8 Å². The van der Waals surface area contributed by atoms with Crippen molar-refractivity contribution < 1.29 is 9.59 Å². The lowest BCUT2D eigenvalue weighted by molar-refractivity contribution is -0.134. The quantitative estimate of drug-likeness (QED) is 0.610. The Bertz CT molecular complexity index is 647. The smallest absolute Gasteiger partial charge is 0.235 e. The second-order valence-corrected chi connectivity index (χ2v) is 5.59. The number of carbonyl (C=O) groups is 2. The van der Waals surface area contributed by atoms with Crippen LogP contribution in [0.2, 0.25) is 0 Å². The van der Waals surface area contributed by atoms with Crippen molar-refractivity contribution >= 4 is 45.3 Å². The van der Waals surface area contributed by atoms with E-state index in [0.29, 0.717) is 12.8 Å². The maximum atomic E-state index is 11.8. The summed E-state index contributed by atoms with van der Waals surface area (Å²) in [6.07, 6.45) is 0.983. The van der Waals surface area contributed by atoms with E-state index in [-0.39, 0.29) is 17.7 Å². The van der Waals surface area contributed by atoms with Gasteiger partial charge in [0.15, 0.2) is 0 Å². The Kier molecular flexibility index (Phi) is 2.85. The molecule has 0 radical (unpaired) electrons. The van der Waals surface area contributed by atoms with Crippen molar-refractivity contribution in [3.8, 4) is 0 Å². The summed E-state index contributed by atoms with van der Waals surface area (Å²) in [5.41, 5.74) is 1.92. The molecule has 2 aromatic rings. The number of hydrogen-bond acceptors (Lipinski definition) is 2. The van der Waals surface area contributed by atoms with Gasteiger partial charge >= 0.3 is 0 Å². The molecule has 2 heterocycles. The van der Waals surface area contributed by atoms with E-state index < -0.39 is 0 Å². The van der Waals surface area contributed by atoms with E-state index in [1.807, 2.05) is 24.3 Å². The van der Waals surface area contributed by atoms with E-state index in [1.54, 1.807) is 0 Å². The Balaban J connectivity index is 2.02. The molecule has 1 aromatic carbocycles.